The molecule has 2 N–H and O–H groups in total. The van der Waals surface area contributed by atoms with Crippen LogP contribution in [0.5, 0.6) is 0 Å². The molecule has 0 saturated heterocycles. The maximum Gasteiger partial charge on any atom is 0.131 e. The highest BCUT2D eigenvalue weighted by Crippen LogP contribution is 2.25. The Kier molecular flexibility index (Phi) is 5.34. The number of nitrogens with one attached hydrogen (secondary N) is 2. The Hall–Kier alpha value is -3.69. The van der Waals surface area contributed by atoms with Crippen LogP contribution in [0, 0.1) is 0 Å². The standard InChI is InChI=1S/C28H25N3/c1-20-29-27(25-10-6-3-7-11-25)31-28(30-20)26-18-16-24(17-19-26)23-14-12-22(13-15-23)21-8-4-2-5-9-21/h2-20,27,29H,1H3,(H,30,31). The summed E-state index contributed by atoms with van der Waals surface area (Å²) in [6, 6.07) is 38.2. The molecule has 152 valence electrons. The van der Waals surface area contributed by atoms with Crippen molar-refractivity contribution >= 4 is 5.84 Å². The molecule has 0 aliphatic carbocycles. The molecule has 0 radical (unpaired) electrons. The molecule has 4 aromatic rings. The van der Waals surface area contributed by atoms with Crippen LogP contribution in [0.15, 0.2) is 114 Å². The molecule has 0 saturated carbocycles. The molecule has 31 heavy (non-hydrogen) atoms. The molecule has 0 bridgehead atoms. The fraction of sp³-hybridized carbons (Fsp3) is 0.107. The first-order chi connectivity index (χ1) is 15.3. The largest absolute Gasteiger partial charge is 0.350 e. The van der Waals surface area contributed by atoms with Gasteiger partial charge in [-0.25, -0.2) is 4.99 Å². The van der Waals surface area contributed by atoms with E-state index < -0.39 is 0 Å². The van der Waals surface area contributed by atoms with Crippen molar-refractivity contribution in [1.82, 2.24) is 10.6 Å². The van der Waals surface area contributed by atoms with Gasteiger partial charge in [-0.05, 0) is 34.7 Å². The van der Waals surface area contributed by atoms with Gasteiger partial charge in [0.05, 0.1) is 0 Å². The van der Waals surface area contributed by atoms with Gasteiger partial charge < -0.3 is 5.32 Å². The van der Waals surface area contributed by atoms with Gasteiger partial charge in [0.2, 0.25) is 0 Å². The number of amidine groups is 1. The molecule has 0 amide bonds. The Bertz CT molecular complexity index is 1160. The summed E-state index contributed by atoms with van der Waals surface area (Å²) >= 11 is 0. The lowest BCUT2D eigenvalue weighted by Crippen LogP contribution is -2.47. The lowest BCUT2D eigenvalue weighted by molar-refractivity contribution is 0.419. The van der Waals surface area contributed by atoms with Gasteiger partial charge >= 0.3 is 0 Å². The van der Waals surface area contributed by atoms with Gasteiger partial charge in [-0.1, -0.05) is 109 Å². The summed E-state index contributed by atoms with van der Waals surface area (Å²) in [5.41, 5.74) is 7.18. The van der Waals surface area contributed by atoms with Crippen LogP contribution in [0.4, 0.5) is 0 Å². The first-order valence-corrected chi connectivity index (χ1v) is 10.7. The van der Waals surface area contributed by atoms with E-state index in [4.69, 9.17) is 4.99 Å². The molecule has 4 aromatic carbocycles. The Labute approximate surface area is 183 Å². The number of benzene rings is 4. The Morgan fingerprint density at radius 3 is 1.55 bits per heavy atom. The Balaban J connectivity index is 1.35. The van der Waals surface area contributed by atoms with Gasteiger partial charge in [0.25, 0.3) is 0 Å². The molecule has 2 atom stereocenters. The summed E-state index contributed by atoms with van der Waals surface area (Å²) in [6.07, 6.45) is 0.0978. The van der Waals surface area contributed by atoms with E-state index in [1.165, 1.54) is 27.8 Å². The van der Waals surface area contributed by atoms with E-state index in [0.29, 0.717) is 0 Å². The second-order valence-electron chi connectivity index (χ2n) is 7.83. The topological polar surface area (TPSA) is 36.4 Å². The zero-order chi connectivity index (χ0) is 21.0. The monoisotopic (exact) mass is 403 g/mol. The number of nitrogens with zero attached hydrogens (tertiary/aromatic N) is 1. The zero-order valence-electron chi connectivity index (χ0n) is 17.5. The van der Waals surface area contributed by atoms with Crippen molar-refractivity contribution in [3.05, 3.63) is 120 Å². The predicted octanol–water partition coefficient (Wildman–Crippen LogP) is 6.00. The van der Waals surface area contributed by atoms with Gasteiger partial charge in [0, 0.05) is 5.56 Å². The first kappa shape index (κ1) is 19.3. The molecule has 3 heteroatoms. The van der Waals surface area contributed by atoms with Gasteiger partial charge in [-0.3, -0.25) is 5.32 Å². The minimum absolute atomic E-state index is 0.0478. The third kappa shape index (κ3) is 4.27. The molecule has 1 aliphatic heterocycles. The molecular weight excluding hydrogens is 378 g/mol. The lowest BCUT2D eigenvalue weighted by atomic mass is 9.99. The molecule has 0 aromatic heterocycles. The highest BCUT2D eigenvalue weighted by atomic mass is 15.3. The van der Waals surface area contributed by atoms with Crippen molar-refractivity contribution in [1.29, 1.82) is 0 Å². The summed E-state index contributed by atoms with van der Waals surface area (Å²) < 4.78 is 0. The van der Waals surface area contributed by atoms with E-state index in [1.807, 2.05) is 12.1 Å². The third-order valence-electron chi connectivity index (χ3n) is 5.63. The lowest BCUT2D eigenvalue weighted by Gasteiger charge is -2.30. The molecule has 0 spiro atoms. The van der Waals surface area contributed by atoms with Crippen molar-refractivity contribution < 1.29 is 0 Å². The third-order valence-corrected chi connectivity index (χ3v) is 5.63. The summed E-state index contributed by atoms with van der Waals surface area (Å²) in [6.45, 7) is 2.08. The molecule has 5 rings (SSSR count). The summed E-state index contributed by atoms with van der Waals surface area (Å²) in [7, 11) is 0. The average Bonchev–Trinajstić information content (AvgIpc) is 2.85. The van der Waals surface area contributed by atoms with Crippen LogP contribution < -0.4 is 10.6 Å². The smallest absolute Gasteiger partial charge is 0.131 e. The SMILES string of the molecule is CC1N=C(c2ccc(-c3ccc(-c4ccccc4)cc3)cc2)NC(c2ccccc2)N1. The quantitative estimate of drug-likeness (QED) is 0.438. The van der Waals surface area contributed by atoms with Gasteiger partial charge in [0.1, 0.15) is 18.2 Å². The van der Waals surface area contributed by atoms with Crippen molar-refractivity contribution in [2.24, 2.45) is 4.99 Å². The van der Waals surface area contributed by atoms with E-state index in [2.05, 4.69) is 115 Å². The van der Waals surface area contributed by atoms with Crippen LogP contribution in [0.3, 0.4) is 0 Å². The normalized spacial score (nSPS) is 18.2. The molecular formula is C28H25N3. The van der Waals surface area contributed by atoms with E-state index in [0.717, 1.165) is 11.4 Å². The maximum atomic E-state index is 4.77. The average molecular weight is 404 g/mol. The highest BCUT2D eigenvalue weighted by Gasteiger charge is 2.21. The number of aliphatic imine (C=N–C) groups is 1. The first-order valence-electron chi connectivity index (χ1n) is 10.7. The minimum Gasteiger partial charge on any atom is -0.350 e. The fourth-order valence-electron chi connectivity index (χ4n) is 3.98. The Morgan fingerprint density at radius 1 is 0.548 bits per heavy atom. The van der Waals surface area contributed by atoms with Crippen LogP contribution >= 0.6 is 0 Å². The molecule has 2 unspecified atom stereocenters. The van der Waals surface area contributed by atoms with E-state index in [1.54, 1.807) is 0 Å². The van der Waals surface area contributed by atoms with Gasteiger partial charge in [-0.2, -0.15) is 0 Å². The van der Waals surface area contributed by atoms with Gasteiger partial charge in [-0.15, -0.1) is 0 Å². The molecule has 1 aliphatic rings. The van der Waals surface area contributed by atoms with Crippen LogP contribution in [-0.4, -0.2) is 12.0 Å². The fourth-order valence-corrected chi connectivity index (χ4v) is 3.98. The highest BCUT2D eigenvalue weighted by molar-refractivity contribution is 5.99. The molecule has 0 fully saturated rings. The molecule has 3 nitrogen and oxygen atoms in total. The van der Waals surface area contributed by atoms with Crippen LogP contribution in [0.1, 0.15) is 24.2 Å². The van der Waals surface area contributed by atoms with E-state index in [-0.39, 0.29) is 12.3 Å². The predicted molar refractivity (Wildman–Crippen MR) is 129 cm³/mol. The Morgan fingerprint density at radius 2 is 1.00 bits per heavy atom. The second-order valence-corrected chi connectivity index (χ2v) is 7.83. The number of rotatable bonds is 4. The van der Waals surface area contributed by atoms with Crippen molar-refractivity contribution in [3.63, 3.8) is 0 Å². The molecule has 1 heterocycles. The minimum atomic E-state index is 0.0478. The summed E-state index contributed by atoms with van der Waals surface area (Å²) in [4.78, 5) is 4.77. The van der Waals surface area contributed by atoms with Gasteiger partial charge in [0.15, 0.2) is 0 Å². The maximum absolute atomic E-state index is 4.77. The van der Waals surface area contributed by atoms with Crippen molar-refractivity contribution in [3.8, 4) is 22.3 Å². The summed E-state index contributed by atoms with van der Waals surface area (Å²) in [5.74, 6) is 0.922. The number of hydrogen-bond donors (Lipinski definition) is 2. The second kappa shape index (κ2) is 8.58. The van der Waals surface area contributed by atoms with E-state index in [9.17, 15) is 0 Å². The van der Waals surface area contributed by atoms with Crippen LogP contribution in [0.2, 0.25) is 0 Å². The van der Waals surface area contributed by atoms with Crippen molar-refractivity contribution in [2.45, 2.75) is 19.3 Å². The van der Waals surface area contributed by atoms with E-state index >= 15 is 0 Å². The van der Waals surface area contributed by atoms with Crippen LogP contribution in [-0.2, 0) is 0 Å². The number of hydrogen-bond acceptors (Lipinski definition) is 3. The zero-order valence-corrected chi connectivity index (χ0v) is 17.5. The van der Waals surface area contributed by atoms with Crippen LogP contribution in [0.25, 0.3) is 22.3 Å². The summed E-state index contributed by atoms with van der Waals surface area (Å²) in [5, 5.41) is 7.03. The van der Waals surface area contributed by atoms with Crippen molar-refractivity contribution in [2.75, 3.05) is 0 Å².